The summed E-state index contributed by atoms with van der Waals surface area (Å²) < 4.78 is 32.8. The molecule has 0 radical (unpaired) electrons. The van der Waals surface area contributed by atoms with Gasteiger partial charge in [-0.05, 0) is 83.3 Å². The smallest absolute Gasteiger partial charge is 0.232 e. The molecule has 0 fully saturated rings. The van der Waals surface area contributed by atoms with Gasteiger partial charge in [0.05, 0.1) is 18.5 Å². The van der Waals surface area contributed by atoms with Gasteiger partial charge in [0.15, 0.2) is 0 Å². The summed E-state index contributed by atoms with van der Waals surface area (Å²) in [6, 6.07) is 27.3. The SMILES string of the molecule is COc1ccccc1CC(C(=O)Nc1ccc(F)cc1)c1ccc(-c2ccnc3ccc(F)cc23)cc1. The summed E-state index contributed by atoms with van der Waals surface area (Å²) in [4.78, 5) is 17.8. The third-order valence-corrected chi connectivity index (χ3v) is 6.37. The van der Waals surface area contributed by atoms with Crippen molar-refractivity contribution >= 4 is 22.5 Å². The third-order valence-electron chi connectivity index (χ3n) is 6.37. The zero-order valence-corrected chi connectivity index (χ0v) is 20.1. The van der Waals surface area contributed by atoms with Crippen LogP contribution in [0.25, 0.3) is 22.0 Å². The third kappa shape index (κ3) is 5.33. The largest absolute Gasteiger partial charge is 0.496 e. The Balaban J connectivity index is 1.50. The van der Waals surface area contributed by atoms with Crippen molar-refractivity contribution in [1.82, 2.24) is 4.98 Å². The van der Waals surface area contributed by atoms with Crippen molar-refractivity contribution in [2.75, 3.05) is 12.4 Å². The van der Waals surface area contributed by atoms with Crippen LogP contribution in [0.5, 0.6) is 5.75 Å². The Morgan fingerprint density at radius 3 is 2.38 bits per heavy atom. The minimum Gasteiger partial charge on any atom is -0.496 e. The molecular weight excluding hydrogens is 470 g/mol. The number of nitrogens with zero attached hydrogens (tertiary/aromatic N) is 1. The number of anilines is 1. The van der Waals surface area contributed by atoms with Crippen molar-refractivity contribution in [3.63, 3.8) is 0 Å². The topological polar surface area (TPSA) is 51.2 Å². The molecule has 5 rings (SSSR count). The van der Waals surface area contributed by atoms with E-state index in [9.17, 15) is 13.6 Å². The number of ether oxygens (including phenoxy) is 1. The van der Waals surface area contributed by atoms with Crippen molar-refractivity contribution < 1.29 is 18.3 Å². The molecule has 0 saturated carbocycles. The van der Waals surface area contributed by atoms with Gasteiger partial charge in [0.25, 0.3) is 0 Å². The second-order valence-corrected chi connectivity index (χ2v) is 8.71. The van der Waals surface area contributed by atoms with Crippen LogP contribution in [0.2, 0.25) is 0 Å². The lowest BCUT2D eigenvalue weighted by Crippen LogP contribution is -2.23. The molecule has 1 unspecified atom stereocenters. The lowest BCUT2D eigenvalue weighted by molar-refractivity contribution is -0.117. The molecule has 1 N–H and O–H groups in total. The molecule has 4 nitrogen and oxygen atoms in total. The van der Waals surface area contributed by atoms with Crippen molar-refractivity contribution in [3.05, 3.63) is 126 Å². The molecule has 1 atom stereocenters. The number of hydrogen-bond donors (Lipinski definition) is 1. The van der Waals surface area contributed by atoms with E-state index in [1.807, 2.05) is 54.6 Å². The number of amides is 1. The Morgan fingerprint density at radius 1 is 0.892 bits per heavy atom. The molecule has 4 aromatic carbocycles. The Labute approximate surface area is 213 Å². The van der Waals surface area contributed by atoms with Crippen molar-refractivity contribution in [2.24, 2.45) is 0 Å². The number of fused-ring (bicyclic) bond motifs is 1. The first-order valence-corrected chi connectivity index (χ1v) is 11.8. The van der Waals surface area contributed by atoms with Gasteiger partial charge < -0.3 is 10.1 Å². The zero-order valence-electron chi connectivity index (χ0n) is 20.1. The summed E-state index contributed by atoms with van der Waals surface area (Å²) in [7, 11) is 1.60. The monoisotopic (exact) mass is 494 g/mol. The molecule has 0 bridgehead atoms. The Hall–Kier alpha value is -4.58. The second-order valence-electron chi connectivity index (χ2n) is 8.71. The molecule has 0 saturated heterocycles. The van der Waals surface area contributed by atoms with Gasteiger partial charge in [0, 0.05) is 17.3 Å². The minimum atomic E-state index is -0.540. The number of benzene rings is 4. The fourth-order valence-electron chi connectivity index (χ4n) is 4.48. The lowest BCUT2D eigenvalue weighted by Gasteiger charge is -2.19. The van der Waals surface area contributed by atoms with Crippen molar-refractivity contribution in [3.8, 4) is 16.9 Å². The molecule has 1 amide bonds. The van der Waals surface area contributed by atoms with Gasteiger partial charge in [-0.15, -0.1) is 0 Å². The first kappa shape index (κ1) is 24.1. The summed E-state index contributed by atoms with van der Waals surface area (Å²) in [6.07, 6.45) is 2.10. The van der Waals surface area contributed by atoms with Crippen LogP contribution in [0.3, 0.4) is 0 Å². The number of carbonyl (C=O) groups excluding carboxylic acids is 1. The number of nitrogens with one attached hydrogen (secondary N) is 1. The molecule has 1 aromatic heterocycles. The van der Waals surface area contributed by atoms with Crippen LogP contribution in [-0.2, 0) is 11.2 Å². The van der Waals surface area contributed by atoms with Gasteiger partial charge in [-0.2, -0.15) is 0 Å². The Bertz CT molecular complexity index is 1550. The predicted molar refractivity (Wildman–Crippen MR) is 142 cm³/mol. The fourth-order valence-corrected chi connectivity index (χ4v) is 4.48. The van der Waals surface area contributed by atoms with E-state index in [4.69, 9.17) is 4.74 Å². The highest BCUT2D eigenvalue weighted by Crippen LogP contribution is 2.32. The Morgan fingerprint density at radius 2 is 1.62 bits per heavy atom. The average Bonchev–Trinajstić information content (AvgIpc) is 2.93. The van der Waals surface area contributed by atoms with Gasteiger partial charge in [-0.3, -0.25) is 9.78 Å². The highest BCUT2D eigenvalue weighted by Gasteiger charge is 2.23. The van der Waals surface area contributed by atoms with Gasteiger partial charge in [-0.25, -0.2) is 8.78 Å². The van der Waals surface area contributed by atoms with Gasteiger partial charge in [0.1, 0.15) is 17.4 Å². The second kappa shape index (κ2) is 10.6. The first-order chi connectivity index (χ1) is 18.0. The Kier molecular flexibility index (Phi) is 6.90. The normalized spacial score (nSPS) is 11.8. The van der Waals surface area contributed by atoms with E-state index >= 15 is 0 Å². The molecule has 0 aliphatic carbocycles. The van der Waals surface area contributed by atoms with Crippen LogP contribution in [0, 0.1) is 11.6 Å². The number of halogens is 2. The van der Waals surface area contributed by atoms with Gasteiger partial charge in [-0.1, -0.05) is 42.5 Å². The van der Waals surface area contributed by atoms with Crippen LogP contribution in [0.4, 0.5) is 14.5 Å². The van der Waals surface area contributed by atoms with E-state index in [-0.39, 0.29) is 17.5 Å². The number of carbonyl (C=O) groups is 1. The summed E-state index contributed by atoms with van der Waals surface area (Å²) in [5, 5.41) is 3.62. The predicted octanol–water partition coefficient (Wildman–Crippen LogP) is 7.15. The maximum Gasteiger partial charge on any atom is 0.232 e. The maximum atomic E-state index is 14.0. The molecule has 5 aromatic rings. The van der Waals surface area contributed by atoms with E-state index in [1.165, 1.54) is 36.4 Å². The van der Waals surface area contributed by atoms with E-state index in [0.717, 1.165) is 27.6 Å². The quantitative estimate of drug-likeness (QED) is 0.261. The van der Waals surface area contributed by atoms with Crippen LogP contribution in [0.15, 0.2) is 103 Å². The van der Waals surface area contributed by atoms with Crippen molar-refractivity contribution in [2.45, 2.75) is 12.3 Å². The number of para-hydroxylation sites is 1. The number of hydrogen-bond acceptors (Lipinski definition) is 3. The highest BCUT2D eigenvalue weighted by atomic mass is 19.1. The first-order valence-electron chi connectivity index (χ1n) is 11.8. The number of methoxy groups -OCH3 is 1. The number of rotatable bonds is 7. The van der Waals surface area contributed by atoms with E-state index in [1.54, 1.807) is 19.4 Å². The highest BCUT2D eigenvalue weighted by molar-refractivity contribution is 5.97. The summed E-state index contributed by atoms with van der Waals surface area (Å²) in [5.74, 6) is -0.761. The van der Waals surface area contributed by atoms with Crippen LogP contribution >= 0.6 is 0 Å². The standard InChI is InChI=1S/C31H24F2N2O2/c1-37-30-5-3-2-4-22(30)18-27(31(36)35-25-13-10-23(32)11-14-25)21-8-6-20(7-9-21)26-16-17-34-29-15-12-24(33)19-28(26)29/h2-17,19,27H,18H2,1H3,(H,35,36). The van der Waals surface area contributed by atoms with Gasteiger partial charge >= 0.3 is 0 Å². The molecular formula is C31H24F2N2O2. The number of aromatic nitrogens is 1. The summed E-state index contributed by atoms with van der Waals surface area (Å²) in [6.45, 7) is 0. The van der Waals surface area contributed by atoms with E-state index < -0.39 is 5.92 Å². The molecule has 0 aliphatic rings. The molecule has 6 heteroatoms. The minimum absolute atomic E-state index is 0.221. The zero-order chi connectivity index (χ0) is 25.8. The maximum absolute atomic E-state index is 14.0. The molecule has 37 heavy (non-hydrogen) atoms. The van der Waals surface area contributed by atoms with Crippen LogP contribution in [-0.4, -0.2) is 18.0 Å². The lowest BCUT2D eigenvalue weighted by atomic mass is 9.89. The summed E-state index contributed by atoms with van der Waals surface area (Å²) >= 11 is 0. The fraction of sp³-hybridized carbons (Fsp3) is 0.0968. The van der Waals surface area contributed by atoms with Gasteiger partial charge in [0.2, 0.25) is 5.91 Å². The van der Waals surface area contributed by atoms with Crippen LogP contribution < -0.4 is 10.1 Å². The molecule has 0 spiro atoms. The molecule has 1 heterocycles. The summed E-state index contributed by atoms with van der Waals surface area (Å²) in [5.41, 5.74) is 4.65. The van der Waals surface area contributed by atoms with E-state index in [2.05, 4.69) is 10.3 Å². The average molecular weight is 495 g/mol. The molecule has 0 aliphatic heterocycles. The van der Waals surface area contributed by atoms with Crippen LogP contribution in [0.1, 0.15) is 17.0 Å². The number of pyridine rings is 1. The van der Waals surface area contributed by atoms with Crippen molar-refractivity contribution in [1.29, 1.82) is 0 Å². The van der Waals surface area contributed by atoms with E-state index in [0.29, 0.717) is 23.4 Å². The molecule has 184 valence electrons.